The van der Waals surface area contributed by atoms with Gasteiger partial charge in [0.05, 0.1) is 6.61 Å². The molecule has 3 heteroatoms. The summed E-state index contributed by atoms with van der Waals surface area (Å²) < 4.78 is 5.62. The standard InChI is InChI=1S/C13H17ClO2/c14-11-6-7-12(15)13(8-11)16-9-10-4-2-1-3-5-10/h6-8,10,15H,1-5,9H2. The van der Waals surface area contributed by atoms with Gasteiger partial charge >= 0.3 is 0 Å². The third-order valence-corrected chi connectivity index (χ3v) is 3.36. The summed E-state index contributed by atoms with van der Waals surface area (Å²) in [7, 11) is 0. The summed E-state index contributed by atoms with van der Waals surface area (Å²) in [5.41, 5.74) is 0. The first-order valence-electron chi connectivity index (χ1n) is 5.87. The van der Waals surface area contributed by atoms with Crippen molar-refractivity contribution >= 4 is 11.6 Å². The highest BCUT2D eigenvalue weighted by Gasteiger charge is 2.14. The zero-order valence-corrected chi connectivity index (χ0v) is 10.0. The normalized spacial score (nSPS) is 17.3. The van der Waals surface area contributed by atoms with Crippen LogP contribution in [0.3, 0.4) is 0 Å². The van der Waals surface area contributed by atoms with Crippen LogP contribution >= 0.6 is 11.6 Å². The van der Waals surface area contributed by atoms with Gasteiger partial charge in [-0.3, -0.25) is 0 Å². The summed E-state index contributed by atoms with van der Waals surface area (Å²) in [4.78, 5) is 0. The Hall–Kier alpha value is -0.890. The molecule has 0 aromatic heterocycles. The number of rotatable bonds is 3. The molecule has 1 saturated carbocycles. The highest BCUT2D eigenvalue weighted by atomic mass is 35.5. The Balaban J connectivity index is 1.90. The van der Waals surface area contributed by atoms with Gasteiger partial charge in [0.2, 0.25) is 0 Å². The van der Waals surface area contributed by atoms with Crippen molar-refractivity contribution in [3.05, 3.63) is 23.2 Å². The van der Waals surface area contributed by atoms with E-state index in [1.165, 1.54) is 32.1 Å². The molecule has 0 heterocycles. The molecule has 16 heavy (non-hydrogen) atoms. The lowest BCUT2D eigenvalue weighted by Gasteiger charge is -2.21. The first-order valence-corrected chi connectivity index (χ1v) is 6.25. The van der Waals surface area contributed by atoms with Crippen LogP contribution in [0.1, 0.15) is 32.1 Å². The molecule has 88 valence electrons. The summed E-state index contributed by atoms with van der Waals surface area (Å²) in [6.45, 7) is 0.688. The maximum absolute atomic E-state index is 9.58. The van der Waals surface area contributed by atoms with Gasteiger partial charge < -0.3 is 9.84 Å². The topological polar surface area (TPSA) is 29.5 Å². The van der Waals surface area contributed by atoms with Gasteiger partial charge in [0.1, 0.15) is 0 Å². The van der Waals surface area contributed by atoms with Crippen molar-refractivity contribution in [2.24, 2.45) is 5.92 Å². The molecule has 0 atom stereocenters. The lowest BCUT2D eigenvalue weighted by molar-refractivity contribution is 0.203. The van der Waals surface area contributed by atoms with Crippen LogP contribution in [0, 0.1) is 5.92 Å². The monoisotopic (exact) mass is 240 g/mol. The van der Waals surface area contributed by atoms with Crippen molar-refractivity contribution < 1.29 is 9.84 Å². The first kappa shape index (κ1) is 11.6. The summed E-state index contributed by atoms with van der Waals surface area (Å²) in [6.07, 6.45) is 6.42. The molecular formula is C13H17ClO2. The third kappa shape index (κ3) is 3.05. The second-order valence-corrected chi connectivity index (χ2v) is 4.86. The molecular weight excluding hydrogens is 224 g/mol. The van der Waals surface area contributed by atoms with E-state index in [4.69, 9.17) is 16.3 Å². The van der Waals surface area contributed by atoms with Crippen LogP contribution in [0.15, 0.2) is 18.2 Å². The number of aromatic hydroxyl groups is 1. The van der Waals surface area contributed by atoms with E-state index in [1.54, 1.807) is 18.2 Å². The van der Waals surface area contributed by atoms with Crippen LogP contribution in [-0.4, -0.2) is 11.7 Å². The molecule has 0 amide bonds. The van der Waals surface area contributed by atoms with Gasteiger partial charge in [0, 0.05) is 11.1 Å². The predicted molar refractivity (Wildman–Crippen MR) is 65.2 cm³/mol. The van der Waals surface area contributed by atoms with Crippen molar-refractivity contribution in [2.45, 2.75) is 32.1 Å². The van der Waals surface area contributed by atoms with Gasteiger partial charge in [0.25, 0.3) is 0 Å². The molecule has 1 aliphatic rings. The first-order chi connectivity index (χ1) is 7.75. The average Bonchev–Trinajstić information content (AvgIpc) is 2.32. The van der Waals surface area contributed by atoms with E-state index in [-0.39, 0.29) is 5.75 Å². The van der Waals surface area contributed by atoms with E-state index in [9.17, 15) is 5.11 Å². The van der Waals surface area contributed by atoms with E-state index in [0.717, 1.165) is 0 Å². The van der Waals surface area contributed by atoms with Crippen molar-refractivity contribution in [3.63, 3.8) is 0 Å². The molecule has 0 spiro atoms. The molecule has 1 N–H and O–H groups in total. The maximum atomic E-state index is 9.58. The molecule has 1 aromatic rings. The Morgan fingerprint density at radius 3 is 2.75 bits per heavy atom. The highest BCUT2D eigenvalue weighted by molar-refractivity contribution is 6.30. The summed E-state index contributed by atoms with van der Waals surface area (Å²) >= 11 is 5.85. The molecule has 2 rings (SSSR count). The van der Waals surface area contributed by atoms with Gasteiger partial charge in [-0.1, -0.05) is 30.9 Å². The summed E-state index contributed by atoms with van der Waals surface area (Å²) in [6, 6.07) is 4.89. The van der Waals surface area contributed by atoms with Crippen molar-refractivity contribution in [1.82, 2.24) is 0 Å². The molecule has 1 aliphatic carbocycles. The maximum Gasteiger partial charge on any atom is 0.162 e. The van der Waals surface area contributed by atoms with Crippen molar-refractivity contribution in [1.29, 1.82) is 0 Å². The second-order valence-electron chi connectivity index (χ2n) is 4.43. The minimum absolute atomic E-state index is 0.167. The van der Waals surface area contributed by atoms with Gasteiger partial charge in [-0.25, -0.2) is 0 Å². The van der Waals surface area contributed by atoms with Gasteiger partial charge in [-0.05, 0) is 30.9 Å². The largest absolute Gasteiger partial charge is 0.504 e. The molecule has 2 nitrogen and oxygen atoms in total. The Bertz CT molecular complexity index is 346. The van der Waals surface area contributed by atoms with Crippen LogP contribution in [-0.2, 0) is 0 Å². The Morgan fingerprint density at radius 1 is 1.25 bits per heavy atom. The van der Waals surface area contributed by atoms with Gasteiger partial charge in [-0.15, -0.1) is 0 Å². The number of hydrogen-bond acceptors (Lipinski definition) is 2. The summed E-state index contributed by atoms with van der Waals surface area (Å²) in [5.74, 6) is 1.30. The molecule has 1 aromatic carbocycles. The molecule has 0 saturated heterocycles. The molecule has 0 radical (unpaired) electrons. The van der Waals surface area contributed by atoms with Crippen LogP contribution < -0.4 is 4.74 Å². The van der Waals surface area contributed by atoms with E-state index >= 15 is 0 Å². The van der Waals surface area contributed by atoms with Crippen molar-refractivity contribution in [2.75, 3.05) is 6.61 Å². The van der Waals surface area contributed by atoms with Gasteiger partial charge in [-0.2, -0.15) is 0 Å². The van der Waals surface area contributed by atoms with Gasteiger partial charge in [0.15, 0.2) is 11.5 Å². The number of benzene rings is 1. The van der Waals surface area contributed by atoms with E-state index in [0.29, 0.717) is 23.3 Å². The Kier molecular flexibility index (Phi) is 3.94. The SMILES string of the molecule is Oc1ccc(Cl)cc1OCC1CCCCC1. The second kappa shape index (κ2) is 5.44. The minimum atomic E-state index is 0.167. The third-order valence-electron chi connectivity index (χ3n) is 3.12. The van der Waals surface area contributed by atoms with Crippen LogP contribution in [0.4, 0.5) is 0 Å². The molecule has 0 bridgehead atoms. The van der Waals surface area contributed by atoms with Crippen LogP contribution in [0.2, 0.25) is 5.02 Å². The Morgan fingerprint density at radius 2 is 2.00 bits per heavy atom. The molecule has 1 fully saturated rings. The number of phenols is 1. The van der Waals surface area contributed by atoms with E-state index in [1.807, 2.05) is 0 Å². The molecule has 0 aliphatic heterocycles. The fourth-order valence-electron chi connectivity index (χ4n) is 2.17. The van der Waals surface area contributed by atoms with E-state index < -0.39 is 0 Å². The molecule has 0 unspecified atom stereocenters. The number of phenolic OH excluding ortho intramolecular Hbond substituents is 1. The number of hydrogen-bond donors (Lipinski definition) is 1. The van der Waals surface area contributed by atoms with Crippen LogP contribution in [0.5, 0.6) is 11.5 Å². The fraction of sp³-hybridized carbons (Fsp3) is 0.538. The predicted octanol–water partition coefficient (Wildman–Crippen LogP) is 4.00. The van der Waals surface area contributed by atoms with E-state index in [2.05, 4.69) is 0 Å². The Labute approximate surface area is 101 Å². The summed E-state index contributed by atoms with van der Waals surface area (Å²) in [5, 5.41) is 10.2. The van der Waals surface area contributed by atoms with Crippen LogP contribution in [0.25, 0.3) is 0 Å². The number of halogens is 1. The quantitative estimate of drug-likeness (QED) is 0.865. The lowest BCUT2D eigenvalue weighted by atomic mass is 9.90. The zero-order chi connectivity index (χ0) is 11.4. The minimum Gasteiger partial charge on any atom is -0.504 e. The smallest absolute Gasteiger partial charge is 0.162 e. The fourth-order valence-corrected chi connectivity index (χ4v) is 2.33. The average molecular weight is 241 g/mol. The number of ether oxygens (including phenoxy) is 1. The highest BCUT2D eigenvalue weighted by Crippen LogP contribution is 2.31. The lowest BCUT2D eigenvalue weighted by Crippen LogP contribution is -2.15. The zero-order valence-electron chi connectivity index (χ0n) is 9.29. The van der Waals surface area contributed by atoms with Crippen molar-refractivity contribution in [3.8, 4) is 11.5 Å².